The largest absolute Gasteiger partial charge is 0.301 e. The highest BCUT2D eigenvalue weighted by atomic mass is 15.3. The average molecular weight is 323 g/mol. The Bertz CT molecular complexity index is 343. The maximum absolute atomic E-state index is 2.81. The molecule has 4 heteroatoms. The normalized spacial score (nSPS) is 33.4. The van der Waals surface area contributed by atoms with Crippen molar-refractivity contribution in [3.8, 4) is 0 Å². The van der Waals surface area contributed by atoms with E-state index < -0.39 is 0 Å². The van der Waals surface area contributed by atoms with Crippen LogP contribution < -0.4 is 0 Å². The number of nitrogens with zero attached hydrogens (tertiary/aromatic N) is 4. The van der Waals surface area contributed by atoms with Crippen molar-refractivity contribution < 1.29 is 0 Å². The third-order valence-corrected chi connectivity index (χ3v) is 6.58. The summed E-state index contributed by atoms with van der Waals surface area (Å²) in [6.45, 7) is 18.5. The van der Waals surface area contributed by atoms with Crippen LogP contribution in [0.5, 0.6) is 0 Å². The second-order valence-electron chi connectivity index (χ2n) is 8.11. The first kappa shape index (κ1) is 17.7. The lowest BCUT2D eigenvalue weighted by Crippen LogP contribution is -2.56. The van der Waals surface area contributed by atoms with Gasteiger partial charge in [0.25, 0.3) is 0 Å². The van der Waals surface area contributed by atoms with Gasteiger partial charge in [0.2, 0.25) is 0 Å². The highest BCUT2D eigenvalue weighted by Crippen LogP contribution is 2.28. The van der Waals surface area contributed by atoms with E-state index in [0.29, 0.717) is 6.04 Å². The molecule has 2 heterocycles. The molecule has 0 N–H and O–H groups in total. The predicted octanol–water partition coefficient (Wildman–Crippen LogP) is 1.96. The number of piperazine rings is 2. The van der Waals surface area contributed by atoms with Gasteiger partial charge in [-0.15, -0.1) is 0 Å². The molecule has 0 aromatic heterocycles. The number of hydrogen-bond acceptors (Lipinski definition) is 4. The molecule has 3 aliphatic rings. The third kappa shape index (κ3) is 4.47. The molecule has 0 aromatic rings. The molecule has 2 saturated heterocycles. The highest BCUT2D eigenvalue weighted by molar-refractivity contribution is 4.89. The van der Waals surface area contributed by atoms with Crippen LogP contribution in [-0.2, 0) is 0 Å². The fourth-order valence-corrected chi connectivity index (χ4v) is 4.87. The first-order valence-electron chi connectivity index (χ1n) is 10.1. The first-order chi connectivity index (χ1) is 11.2. The van der Waals surface area contributed by atoms with Gasteiger partial charge in [-0.1, -0.05) is 13.3 Å². The van der Waals surface area contributed by atoms with Crippen LogP contribution in [0.25, 0.3) is 0 Å². The van der Waals surface area contributed by atoms with E-state index >= 15 is 0 Å². The summed E-state index contributed by atoms with van der Waals surface area (Å²) in [5.41, 5.74) is 0. The molecule has 0 amide bonds. The summed E-state index contributed by atoms with van der Waals surface area (Å²) >= 11 is 0. The molecule has 3 rings (SSSR count). The van der Waals surface area contributed by atoms with Crippen LogP contribution in [0.3, 0.4) is 0 Å². The molecule has 134 valence electrons. The van der Waals surface area contributed by atoms with Crippen LogP contribution in [0.15, 0.2) is 0 Å². The van der Waals surface area contributed by atoms with E-state index in [9.17, 15) is 0 Å². The van der Waals surface area contributed by atoms with Crippen molar-refractivity contribution in [2.75, 3.05) is 58.9 Å². The molecular weight excluding hydrogens is 284 g/mol. The maximum Gasteiger partial charge on any atom is 0.0113 e. The number of likely N-dealkylation sites (N-methyl/N-ethyl adjacent to an activating group) is 1. The highest BCUT2D eigenvalue weighted by Gasteiger charge is 2.32. The Labute approximate surface area is 143 Å². The fraction of sp³-hybridized carbons (Fsp3) is 1.00. The first-order valence-corrected chi connectivity index (χ1v) is 10.1. The average Bonchev–Trinajstić information content (AvgIpc) is 2.62. The standard InChI is InChI=1S/C19H38N4/c1-4-20-8-10-22(11-9-20)18-6-5-7-19(16-18)23-14-12-21(13-15-23)17(2)3/h17-19H,4-16H2,1-3H3. The van der Waals surface area contributed by atoms with Crippen LogP contribution in [0.1, 0.15) is 46.5 Å². The summed E-state index contributed by atoms with van der Waals surface area (Å²) in [6.07, 6.45) is 5.74. The van der Waals surface area contributed by atoms with Crippen molar-refractivity contribution in [2.24, 2.45) is 0 Å². The molecule has 0 bridgehead atoms. The van der Waals surface area contributed by atoms with Crippen molar-refractivity contribution in [1.29, 1.82) is 0 Å². The van der Waals surface area contributed by atoms with Crippen LogP contribution in [0, 0.1) is 0 Å². The summed E-state index contributed by atoms with van der Waals surface area (Å²) in [5, 5.41) is 0. The molecule has 1 saturated carbocycles. The molecule has 2 aliphatic heterocycles. The Morgan fingerprint density at radius 3 is 1.78 bits per heavy atom. The number of rotatable bonds is 4. The lowest BCUT2D eigenvalue weighted by molar-refractivity contribution is 0.0257. The molecular formula is C19H38N4. The van der Waals surface area contributed by atoms with E-state index in [1.54, 1.807) is 0 Å². The second-order valence-corrected chi connectivity index (χ2v) is 8.11. The summed E-state index contributed by atoms with van der Waals surface area (Å²) < 4.78 is 0. The van der Waals surface area contributed by atoms with Gasteiger partial charge in [0.15, 0.2) is 0 Å². The Hall–Kier alpha value is -0.160. The fourth-order valence-electron chi connectivity index (χ4n) is 4.87. The van der Waals surface area contributed by atoms with Gasteiger partial charge in [0.05, 0.1) is 0 Å². The lowest BCUT2D eigenvalue weighted by Gasteiger charge is -2.46. The smallest absolute Gasteiger partial charge is 0.0113 e. The summed E-state index contributed by atoms with van der Waals surface area (Å²) in [7, 11) is 0. The van der Waals surface area contributed by atoms with Crippen molar-refractivity contribution in [1.82, 2.24) is 19.6 Å². The van der Waals surface area contributed by atoms with Gasteiger partial charge in [-0.05, 0) is 39.7 Å². The van der Waals surface area contributed by atoms with Gasteiger partial charge in [-0.3, -0.25) is 14.7 Å². The van der Waals surface area contributed by atoms with Crippen LogP contribution in [0.4, 0.5) is 0 Å². The van der Waals surface area contributed by atoms with E-state index in [1.165, 1.54) is 84.6 Å². The maximum atomic E-state index is 2.81. The Morgan fingerprint density at radius 2 is 1.30 bits per heavy atom. The zero-order chi connectivity index (χ0) is 16.2. The van der Waals surface area contributed by atoms with E-state index in [4.69, 9.17) is 0 Å². The van der Waals surface area contributed by atoms with Crippen LogP contribution >= 0.6 is 0 Å². The van der Waals surface area contributed by atoms with E-state index in [0.717, 1.165) is 12.1 Å². The van der Waals surface area contributed by atoms with Crippen LogP contribution in [0.2, 0.25) is 0 Å². The van der Waals surface area contributed by atoms with Gasteiger partial charge >= 0.3 is 0 Å². The second kappa shape index (κ2) is 8.28. The summed E-state index contributed by atoms with van der Waals surface area (Å²) in [5.74, 6) is 0. The van der Waals surface area contributed by atoms with Crippen molar-refractivity contribution in [3.05, 3.63) is 0 Å². The molecule has 1 aliphatic carbocycles. The zero-order valence-corrected chi connectivity index (χ0v) is 15.7. The van der Waals surface area contributed by atoms with Crippen molar-refractivity contribution in [2.45, 2.75) is 64.6 Å². The SMILES string of the molecule is CCN1CCN(C2CCCC(N3CCN(C(C)C)CC3)C2)CC1. The molecule has 3 fully saturated rings. The molecule has 0 spiro atoms. The van der Waals surface area contributed by atoms with Gasteiger partial charge in [0, 0.05) is 70.5 Å². The molecule has 2 unspecified atom stereocenters. The van der Waals surface area contributed by atoms with Gasteiger partial charge in [-0.2, -0.15) is 0 Å². The van der Waals surface area contributed by atoms with Gasteiger partial charge in [0.1, 0.15) is 0 Å². The topological polar surface area (TPSA) is 13.0 Å². The summed E-state index contributed by atoms with van der Waals surface area (Å²) in [4.78, 5) is 10.9. The van der Waals surface area contributed by atoms with Crippen LogP contribution in [-0.4, -0.2) is 96.6 Å². The Morgan fingerprint density at radius 1 is 0.783 bits per heavy atom. The van der Waals surface area contributed by atoms with E-state index in [-0.39, 0.29) is 0 Å². The lowest BCUT2D eigenvalue weighted by atomic mass is 9.88. The minimum absolute atomic E-state index is 0.714. The summed E-state index contributed by atoms with van der Waals surface area (Å²) in [6, 6.07) is 2.43. The minimum atomic E-state index is 0.714. The molecule has 23 heavy (non-hydrogen) atoms. The zero-order valence-electron chi connectivity index (χ0n) is 15.7. The van der Waals surface area contributed by atoms with E-state index in [1.807, 2.05) is 0 Å². The van der Waals surface area contributed by atoms with Crippen molar-refractivity contribution in [3.63, 3.8) is 0 Å². The minimum Gasteiger partial charge on any atom is -0.301 e. The Kier molecular flexibility index (Phi) is 6.36. The quantitative estimate of drug-likeness (QED) is 0.784. The van der Waals surface area contributed by atoms with Crippen molar-refractivity contribution >= 4 is 0 Å². The predicted molar refractivity (Wildman–Crippen MR) is 98.0 cm³/mol. The monoisotopic (exact) mass is 322 g/mol. The third-order valence-electron chi connectivity index (χ3n) is 6.58. The van der Waals surface area contributed by atoms with E-state index in [2.05, 4.69) is 40.4 Å². The molecule has 0 radical (unpaired) electrons. The molecule has 0 aromatic carbocycles. The number of hydrogen-bond donors (Lipinski definition) is 0. The van der Waals surface area contributed by atoms with Gasteiger partial charge < -0.3 is 4.90 Å². The Balaban J connectivity index is 1.47. The van der Waals surface area contributed by atoms with Gasteiger partial charge in [-0.25, -0.2) is 0 Å². The molecule has 4 nitrogen and oxygen atoms in total. The molecule has 2 atom stereocenters.